The van der Waals surface area contributed by atoms with Gasteiger partial charge in [-0.2, -0.15) is 0 Å². The van der Waals surface area contributed by atoms with E-state index in [-0.39, 0.29) is 12.2 Å². The molecular formula is C12H15FN2O4. The smallest absolute Gasteiger partial charge is 0.285 e. The van der Waals surface area contributed by atoms with Gasteiger partial charge in [0.25, 0.3) is 11.6 Å². The molecule has 1 N–H and O–H groups in total. The van der Waals surface area contributed by atoms with Crippen LogP contribution >= 0.6 is 0 Å². The van der Waals surface area contributed by atoms with Crippen molar-refractivity contribution in [3.63, 3.8) is 0 Å². The molecule has 0 bridgehead atoms. The Bertz CT molecular complexity index is 516. The maximum Gasteiger partial charge on any atom is 0.285 e. The van der Waals surface area contributed by atoms with Crippen LogP contribution in [0.2, 0.25) is 0 Å². The predicted molar refractivity (Wildman–Crippen MR) is 66.3 cm³/mol. The highest BCUT2D eigenvalue weighted by Crippen LogP contribution is 2.23. The van der Waals surface area contributed by atoms with Gasteiger partial charge in [-0.15, -0.1) is 0 Å². The van der Waals surface area contributed by atoms with Crippen molar-refractivity contribution in [1.82, 2.24) is 4.90 Å². The van der Waals surface area contributed by atoms with Crippen molar-refractivity contribution in [2.24, 2.45) is 0 Å². The van der Waals surface area contributed by atoms with E-state index >= 15 is 0 Å². The van der Waals surface area contributed by atoms with Crippen molar-refractivity contribution in [2.45, 2.75) is 19.4 Å². The van der Waals surface area contributed by atoms with Crippen LogP contribution in [0.3, 0.4) is 0 Å². The zero-order valence-corrected chi connectivity index (χ0v) is 10.9. The number of hydrogen-bond acceptors (Lipinski definition) is 4. The van der Waals surface area contributed by atoms with E-state index in [2.05, 4.69) is 0 Å². The van der Waals surface area contributed by atoms with Gasteiger partial charge in [-0.25, -0.2) is 4.39 Å². The number of halogens is 1. The molecule has 0 atom stereocenters. The summed E-state index contributed by atoms with van der Waals surface area (Å²) in [6.45, 7) is 2.92. The Morgan fingerprint density at radius 3 is 2.58 bits per heavy atom. The molecule has 7 heteroatoms. The Hall–Kier alpha value is -2.02. The van der Waals surface area contributed by atoms with Crippen LogP contribution in [0.15, 0.2) is 18.2 Å². The van der Waals surface area contributed by atoms with Crippen molar-refractivity contribution in [3.8, 4) is 0 Å². The van der Waals surface area contributed by atoms with Gasteiger partial charge in [-0.1, -0.05) is 0 Å². The zero-order valence-electron chi connectivity index (χ0n) is 10.9. The fourth-order valence-electron chi connectivity index (χ4n) is 1.40. The fraction of sp³-hybridized carbons (Fsp3) is 0.417. The molecule has 19 heavy (non-hydrogen) atoms. The molecule has 1 amide bonds. The Balaban J connectivity index is 3.24. The average molecular weight is 270 g/mol. The molecule has 0 fully saturated rings. The first-order chi connectivity index (χ1) is 8.70. The Morgan fingerprint density at radius 2 is 2.11 bits per heavy atom. The summed E-state index contributed by atoms with van der Waals surface area (Å²) in [7, 11) is 1.42. The number of carbonyl (C=O) groups excluding carboxylic acids is 1. The van der Waals surface area contributed by atoms with Crippen LogP contribution in [0, 0.1) is 15.9 Å². The molecular weight excluding hydrogens is 255 g/mol. The fourth-order valence-corrected chi connectivity index (χ4v) is 1.40. The molecule has 0 saturated carbocycles. The van der Waals surface area contributed by atoms with Crippen LogP contribution in [0.1, 0.15) is 24.2 Å². The van der Waals surface area contributed by atoms with Crippen LogP contribution in [0.5, 0.6) is 0 Å². The quantitative estimate of drug-likeness (QED) is 0.665. The molecule has 0 aliphatic carbocycles. The summed E-state index contributed by atoms with van der Waals surface area (Å²) in [6, 6.07) is 2.76. The number of likely N-dealkylation sites (N-methyl/N-ethyl adjacent to an activating group) is 1. The van der Waals surface area contributed by atoms with E-state index in [1.165, 1.54) is 11.9 Å². The molecule has 0 spiro atoms. The van der Waals surface area contributed by atoms with Gasteiger partial charge in [0, 0.05) is 7.05 Å². The summed E-state index contributed by atoms with van der Waals surface area (Å²) < 4.78 is 13.0. The first-order valence-electron chi connectivity index (χ1n) is 5.53. The van der Waals surface area contributed by atoms with Crippen LogP contribution in [-0.4, -0.2) is 40.0 Å². The standard InChI is InChI=1S/C12H15FN2O4/c1-12(2,7-16)14(3)11(17)9-5-4-8(13)6-10(9)15(18)19/h4-6,16H,7H2,1-3H3. The molecule has 0 aliphatic rings. The maximum atomic E-state index is 13.0. The molecule has 1 aromatic rings. The molecule has 0 aromatic heterocycles. The maximum absolute atomic E-state index is 13.0. The zero-order chi connectivity index (χ0) is 14.8. The molecule has 0 saturated heterocycles. The van der Waals surface area contributed by atoms with Crippen LogP contribution < -0.4 is 0 Å². The molecule has 0 unspecified atom stereocenters. The lowest BCUT2D eigenvalue weighted by molar-refractivity contribution is -0.385. The number of aliphatic hydroxyl groups excluding tert-OH is 1. The van der Waals surface area contributed by atoms with Gasteiger partial charge >= 0.3 is 0 Å². The number of benzene rings is 1. The predicted octanol–water partition coefficient (Wildman–Crippen LogP) is 1.58. The number of nitro groups is 1. The average Bonchev–Trinajstić information content (AvgIpc) is 2.36. The van der Waals surface area contributed by atoms with Gasteiger partial charge in [0.2, 0.25) is 0 Å². The van der Waals surface area contributed by atoms with E-state index in [4.69, 9.17) is 0 Å². The number of nitro benzene ring substituents is 1. The van der Waals surface area contributed by atoms with Crippen molar-refractivity contribution in [2.75, 3.05) is 13.7 Å². The molecule has 6 nitrogen and oxygen atoms in total. The number of aliphatic hydroxyl groups is 1. The number of hydrogen-bond donors (Lipinski definition) is 1. The third-order valence-corrected chi connectivity index (χ3v) is 2.99. The van der Waals surface area contributed by atoms with E-state index in [1.807, 2.05) is 0 Å². The van der Waals surface area contributed by atoms with Gasteiger partial charge in [0.15, 0.2) is 0 Å². The van der Waals surface area contributed by atoms with Crippen molar-refractivity contribution < 1.29 is 19.2 Å². The third-order valence-electron chi connectivity index (χ3n) is 2.99. The normalized spacial score (nSPS) is 11.2. The molecule has 1 aromatic carbocycles. The van der Waals surface area contributed by atoms with E-state index in [9.17, 15) is 24.4 Å². The van der Waals surface area contributed by atoms with Gasteiger partial charge in [0.1, 0.15) is 11.4 Å². The lowest BCUT2D eigenvalue weighted by atomic mass is 10.0. The summed E-state index contributed by atoms with van der Waals surface area (Å²) in [5, 5.41) is 20.0. The second kappa shape index (κ2) is 5.31. The number of carbonyl (C=O) groups is 1. The minimum Gasteiger partial charge on any atom is -0.394 e. The first-order valence-corrected chi connectivity index (χ1v) is 5.53. The van der Waals surface area contributed by atoms with Gasteiger partial charge in [-0.05, 0) is 26.0 Å². The topological polar surface area (TPSA) is 83.7 Å². The molecule has 0 aliphatic heterocycles. The lowest BCUT2D eigenvalue weighted by Crippen LogP contribution is -2.47. The van der Waals surface area contributed by atoms with Crippen molar-refractivity contribution in [3.05, 3.63) is 39.7 Å². The Morgan fingerprint density at radius 1 is 1.53 bits per heavy atom. The summed E-state index contributed by atoms with van der Waals surface area (Å²) in [6.07, 6.45) is 0. The van der Waals surface area contributed by atoms with E-state index in [0.717, 1.165) is 12.1 Å². The van der Waals surface area contributed by atoms with Gasteiger partial charge in [-0.3, -0.25) is 14.9 Å². The van der Waals surface area contributed by atoms with Gasteiger partial charge in [0.05, 0.1) is 23.1 Å². The monoisotopic (exact) mass is 270 g/mol. The minimum absolute atomic E-state index is 0.213. The van der Waals surface area contributed by atoms with E-state index in [1.54, 1.807) is 13.8 Å². The van der Waals surface area contributed by atoms with E-state index in [0.29, 0.717) is 6.07 Å². The molecule has 0 heterocycles. The molecule has 0 radical (unpaired) electrons. The second-order valence-corrected chi connectivity index (χ2v) is 4.75. The van der Waals surface area contributed by atoms with E-state index < -0.39 is 27.9 Å². The summed E-state index contributed by atoms with van der Waals surface area (Å²) >= 11 is 0. The number of rotatable bonds is 4. The lowest BCUT2D eigenvalue weighted by Gasteiger charge is -2.33. The summed E-state index contributed by atoms with van der Waals surface area (Å²) in [5.74, 6) is -1.43. The highest BCUT2D eigenvalue weighted by Gasteiger charge is 2.31. The Kier molecular flexibility index (Phi) is 4.21. The largest absolute Gasteiger partial charge is 0.394 e. The SMILES string of the molecule is CN(C(=O)c1ccc(F)cc1[N+](=O)[O-])C(C)(C)CO. The molecule has 104 valence electrons. The number of amides is 1. The molecule has 1 rings (SSSR count). The highest BCUT2D eigenvalue weighted by atomic mass is 19.1. The number of nitrogens with zero attached hydrogens (tertiary/aromatic N) is 2. The summed E-state index contributed by atoms with van der Waals surface area (Å²) in [5.41, 5.74) is -1.68. The van der Waals surface area contributed by atoms with Crippen molar-refractivity contribution >= 4 is 11.6 Å². The van der Waals surface area contributed by atoms with Crippen LogP contribution in [-0.2, 0) is 0 Å². The highest BCUT2D eigenvalue weighted by molar-refractivity contribution is 5.98. The third kappa shape index (κ3) is 3.05. The minimum atomic E-state index is -0.876. The van der Waals surface area contributed by atoms with Crippen molar-refractivity contribution in [1.29, 1.82) is 0 Å². The van der Waals surface area contributed by atoms with Crippen LogP contribution in [0.25, 0.3) is 0 Å². The van der Waals surface area contributed by atoms with Crippen LogP contribution in [0.4, 0.5) is 10.1 Å². The van der Waals surface area contributed by atoms with Gasteiger partial charge < -0.3 is 10.0 Å². The summed E-state index contributed by atoms with van der Waals surface area (Å²) in [4.78, 5) is 23.4. The first kappa shape index (κ1) is 15.0. The Labute approximate surface area is 109 Å². The second-order valence-electron chi connectivity index (χ2n) is 4.75.